The number of hydrogen-bond donors (Lipinski definition) is 2. The molecule has 5 heteroatoms. The zero-order valence-corrected chi connectivity index (χ0v) is 6.59. The number of anilines is 2. The maximum atomic E-state index is 8.59. The van der Waals surface area contributed by atoms with Crippen LogP contribution in [0.3, 0.4) is 0 Å². The van der Waals surface area contributed by atoms with E-state index in [2.05, 4.69) is 4.98 Å². The van der Waals surface area contributed by atoms with Gasteiger partial charge in [0.15, 0.2) is 5.56 Å². The molecule has 0 radical (unpaired) electrons. The van der Waals surface area contributed by atoms with Crippen molar-refractivity contribution in [3.8, 4) is 11.9 Å². The molecule has 0 atom stereocenters. The number of nitrogens with zero attached hydrogens (tertiary/aromatic N) is 1. The Morgan fingerprint density at radius 3 is 2.67 bits per heavy atom. The second-order valence-corrected chi connectivity index (χ2v) is 2.19. The summed E-state index contributed by atoms with van der Waals surface area (Å²) in [6.07, 6.45) is 0. The van der Waals surface area contributed by atoms with Gasteiger partial charge in [-0.2, -0.15) is 5.26 Å². The van der Waals surface area contributed by atoms with Crippen LogP contribution in [0.1, 0.15) is 5.56 Å². The van der Waals surface area contributed by atoms with E-state index in [1.165, 1.54) is 13.2 Å². The lowest BCUT2D eigenvalue weighted by Gasteiger charge is -1.99. The van der Waals surface area contributed by atoms with Crippen LogP contribution < -0.4 is 21.2 Å². The molecule has 0 aliphatic rings. The number of ether oxygens (including phenoxy) is 1. The van der Waals surface area contributed by atoms with Crippen molar-refractivity contribution >= 4 is 11.5 Å². The minimum absolute atomic E-state index is 0.217. The number of methoxy groups -OCH3 is 1. The smallest absolute Gasteiger partial charge is 0.293 e. The number of nitrogen functional groups attached to an aromatic ring is 2. The second kappa shape index (κ2) is 2.96. The first-order valence-electron chi connectivity index (χ1n) is 3.24. The fraction of sp³-hybridized carbons (Fsp3) is 0.143. The highest BCUT2D eigenvalue weighted by Crippen LogP contribution is 2.17. The lowest BCUT2D eigenvalue weighted by molar-refractivity contribution is -0.376. The summed E-state index contributed by atoms with van der Waals surface area (Å²) in [7, 11) is 1.48. The Bertz CT molecular complexity index is 319. The summed E-state index contributed by atoms with van der Waals surface area (Å²) < 4.78 is 4.85. The quantitative estimate of drug-likeness (QED) is 0.588. The molecule has 1 aromatic heterocycles. The van der Waals surface area contributed by atoms with Crippen molar-refractivity contribution in [2.75, 3.05) is 18.6 Å². The first-order chi connectivity index (χ1) is 5.69. The van der Waals surface area contributed by atoms with Crippen molar-refractivity contribution in [1.29, 1.82) is 5.26 Å². The molecule has 1 heterocycles. The molecule has 0 aliphatic carbocycles. The number of aromatic amines is 1. The number of nitrogens with one attached hydrogen (secondary N) is 1. The molecule has 0 aliphatic heterocycles. The highest BCUT2D eigenvalue weighted by Gasteiger charge is 2.11. The Morgan fingerprint density at radius 1 is 1.58 bits per heavy atom. The van der Waals surface area contributed by atoms with Gasteiger partial charge in [0.25, 0.3) is 11.7 Å². The summed E-state index contributed by atoms with van der Waals surface area (Å²) in [5, 5.41) is 8.59. The predicted octanol–water partition coefficient (Wildman–Crippen LogP) is -0.455. The van der Waals surface area contributed by atoms with Gasteiger partial charge >= 0.3 is 0 Å². The average Bonchev–Trinajstić information content (AvgIpc) is 2.03. The molecule has 0 amide bonds. The third kappa shape index (κ3) is 1.22. The van der Waals surface area contributed by atoms with Gasteiger partial charge in [-0.3, -0.25) is 5.73 Å². The molecule has 5 nitrogen and oxygen atoms in total. The number of nitrogens with two attached hydrogens (primary N) is 2. The summed E-state index contributed by atoms with van der Waals surface area (Å²) in [6, 6.07) is 3.39. The zero-order chi connectivity index (χ0) is 9.14. The van der Waals surface area contributed by atoms with Gasteiger partial charge in [-0.05, 0) is 0 Å². The fourth-order valence-corrected chi connectivity index (χ4v) is 0.835. The van der Waals surface area contributed by atoms with Crippen molar-refractivity contribution in [3.05, 3.63) is 11.6 Å². The molecule has 5 N–H and O–H groups in total. The van der Waals surface area contributed by atoms with E-state index in [0.29, 0.717) is 11.6 Å². The molecule has 1 rings (SSSR count). The minimum atomic E-state index is 0.217. The van der Waals surface area contributed by atoms with Crippen LogP contribution in [0.15, 0.2) is 6.07 Å². The molecule has 12 heavy (non-hydrogen) atoms. The first-order valence-corrected chi connectivity index (χ1v) is 3.24. The highest BCUT2D eigenvalue weighted by atomic mass is 16.5. The minimum Gasteiger partial charge on any atom is -0.466 e. The molecule has 0 fully saturated rings. The first kappa shape index (κ1) is 8.14. The van der Waals surface area contributed by atoms with Gasteiger partial charge in [-0.1, -0.05) is 0 Å². The van der Waals surface area contributed by atoms with Gasteiger partial charge in [0.05, 0.1) is 12.8 Å². The van der Waals surface area contributed by atoms with Crippen LogP contribution in [0, 0.1) is 11.3 Å². The van der Waals surface area contributed by atoms with Crippen molar-refractivity contribution in [1.82, 2.24) is 0 Å². The average molecular weight is 165 g/mol. The van der Waals surface area contributed by atoms with Crippen LogP contribution in [0.25, 0.3) is 0 Å². The summed E-state index contributed by atoms with van der Waals surface area (Å²) in [4.78, 5) is 2.67. The molecular weight excluding hydrogens is 156 g/mol. The number of aromatic nitrogens is 1. The zero-order valence-electron chi connectivity index (χ0n) is 6.59. The van der Waals surface area contributed by atoms with Crippen LogP contribution in [-0.2, 0) is 0 Å². The van der Waals surface area contributed by atoms with Crippen LogP contribution >= 0.6 is 0 Å². The Balaban J connectivity index is 3.30. The predicted molar refractivity (Wildman–Crippen MR) is 43.1 cm³/mol. The molecular formula is C7H9N4O+. The molecule has 1 aromatic rings. The van der Waals surface area contributed by atoms with E-state index in [0.717, 1.165) is 0 Å². The van der Waals surface area contributed by atoms with Crippen LogP contribution in [0.5, 0.6) is 5.88 Å². The maximum Gasteiger partial charge on any atom is 0.293 e. The van der Waals surface area contributed by atoms with Gasteiger partial charge in [0, 0.05) is 6.07 Å². The fourth-order valence-electron chi connectivity index (χ4n) is 0.835. The number of pyridine rings is 1. The number of rotatable bonds is 1. The van der Waals surface area contributed by atoms with Crippen molar-refractivity contribution in [3.63, 3.8) is 0 Å². The molecule has 0 unspecified atom stereocenters. The van der Waals surface area contributed by atoms with Crippen LogP contribution in [0.4, 0.5) is 11.5 Å². The number of hydrogen-bond acceptors (Lipinski definition) is 4. The monoisotopic (exact) mass is 165 g/mol. The van der Waals surface area contributed by atoms with Crippen molar-refractivity contribution in [2.24, 2.45) is 0 Å². The largest absolute Gasteiger partial charge is 0.466 e. The van der Waals surface area contributed by atoms with Gasteiger partial charge in [0.2, 0.25) is 0 Å². The molecule has 62 valence electrons. The van der Waals surface area contributed by atoms with Gasteiger partial charge < -0.3 is 10.5 Å². The number of H-pyrrole nitrogens is 1. The summed E-state index contributed by atoms with van der Waals surface area (Å²) in [6.45, 7) is 0. The van der Waals surface area contributed by atoms with E-state index in [1.54, 1.807) is 0 Å². The Hall–Kier alpha value is -1.96. The summed E-state index contributed by atoms with van der Waals surface area (Å²) in [5.74, 6) is 0.651. The lowest BCUT2D eigenvalue weighted by Crippen LogP contribution is -2.16. The third-order valence-corrected chi connectivity index (χ3v) is 1.43. The van der Waals surface area contributed by atoms with E-state index in [4.69, 9.17) is 21.5 Å². The lowest BCUT2D eigenvalue weighted by atomic mass is 10.2. The SMILES string of the molecule is COc1cc(N)c(C#N)c(N)[nH+]1. The Kier molecular flexibility index (Phi) is 2.01. The number of nitriles is 1. The van der Waals surface area contributed by atoms with Gasteiger partial charge in [0.1, 0.15) is 6.07 Å². The summed E-state index contributed by atoms with van der Waals surface area (Å²) in [5.41, 5.74) is 11.5. The Morgan fingerprint density at radius 2 is 2.25 bits per heavy atom. The van der Waals surface area contributed by atoms with E-state index in [-0.39, 0.29) is 11.4 Å². The van der Waals surface area contributed by atoms with E-state index in [1.807, 2.05) is 6.07 Å². The standard InChI is InChI=1S/C7H8N4O/c1-12-6-2-5(9)4(3-8)7(10)11-6/h2H,1H3,(H4,9,10,11)/p+1. The molecule has 0 aromatic carbocycles. The van der Waals surface area contributed by atoms with Crippen molar-refractivity contribution in [2.45, 2.75) is 0 Å². The maximum absolute atomic E-state index is 8.59. The topological polar surface area (TPSA) is 99.2 Å². The highest BCUT2D eigenvalue weighted by molar-refractivity contribution is 5.62. The second-order valence-electron chi connectivity index (χ2n) is 2.19. The normalized spacial score (nSPS) is 9.00. The third-order valence-electron chi connectivity index (χ3n) is 1.43. The van der Waals surface area contributed by atoms with Crippen molar-refractivity contribution < 1.29 is 9.72 Å². The Labute approximate surface area is 69.6 Å². The molecule has 0 spiro atoms. The van der Waals surface area contributed by atoms with Crippen LogP contribution in [-0.4, -0.2) is 7.11 Å². The van der Waals surface area contributed by atoms with E-state index in [9.17, 15) is 0 Å². The molecule has 0 bridgehead atoms. The van der Waals surface area contributed by atoms with Gasteiger partial charge in [-0.25, -0.2) is 4.98 Å². The van der Waals surface area contributed by atoms with Crippen LogP contribution in [0.2, 0.25) is 0 Å². The summed E-state index contributed by atoms with van der Waals surface area (Å²) >= 11 is 0. The van der Waals surface area contributed by atoms with E-state index < -0.39 is 0 Å². The van der Waals surface area contributed by atoms with E-state index >= 15 is 0 Å². The molecule has 0 saturated carbocycles. The van der Waals surface area contributed by atoms with Gasteiger partial charge in [-0.15, -0.1) is 0 Å². The molecule has 0 saturated heterocycles.